The van der Waals surface area contributed by atoms with Crippen LogP contribution in [0.2, 0.25) is 0 Å². The van der Waals surface area contributed by atoms with E-state index in [9.17, 15) is 9.59 Å². The molecule has 172 valence electrons. The summed E-state index contributed by atoms with van der Waals surface area (Å²) >= 11 is 8.69. The number of ether oxygens (including phenoxy) is 2. The summed E-state index contributed by atoms with van der Waals surface area (Å²) in [6.45, 7) is 3.83. The summed E-state index contributed by atoms with van der Waals surface area (Å²) in [5.74, 6) is 0.147. The van der Waals surface area contributed by atoms with Gasteiger partial charge in [-0.25, -0.2) is 0 Å². The highest BCUT2D eigenvalue weighted by Crippen LogP contribution is 2.26. The number of anilines is 1. The number of methoxy groups -OCH3 is 1. The van der Waals surface area contributed by atoms with Crippen molar-refractivity contribution in [2.24, 2.45) is 0 Å². The Morgan fingerprint density at radius 1 is 1.03 bits per heavy atom. The molecule has 0 bridgehead atoms. The second kappa shape index (κ2) is 13.8. The van der Waals surface area contributed by atoms with E-state index < -0.39 is 0 Å². The molecule has 2 aromatic rings. The average molecular weight is 522 g/mol. The molecule has 0 aliphatic carbocycles. The van der Waals surface area contributed by atoms with E-state index in [0.717, 1.165) is 19.3 Å². The second-order valence-electron chi connectivity index (χ2n) is 6.94. The molecule has 7 nitrogen and oxygen atoms in total. The van der Waals surface area contributed by atoms with Crippen LogP contribution in [0.4, 0.5) is 5.69 Å². The third kappa shape index (κ3) is 8.57. The van der Waals surface area contributed by atoms with Crippen molar-refractivity contribution in [1.82, 2.24) is 10.6 Å². The number of unbranched alkanes of at least 4 members (excludes halogenated alkanes) is 1. The Morgan fingerprint density at radius 2 is 1.81 bits per heavy atom. The van der Waals surface area contributed by atoms with Crippen LogP contribution in [0.15, 0.2) is 46.9 Å². The van der Waals surface area contributed by atoms with Gasteiger partial charge in [0, 0.05) is 37.1 Å². The van der Waals surface area contributed by atoms with Crippen LogP contribution in [0.3, 0.4) is 0 Å². The van der Waals surface area contributed by atoms with Crippen LogP contribution in [0, 0.1) is 0 Å². The van der Waals surface area contributed by atoms with E-state index in [0.29, 0.717) is 46.8 Å². The van der Waals surface area contributed by atoms with E-state index in [4.69, 9.17) is 21.7 Å². The van der Waals surface area contributed by atoms with Crippen molar-refractivity contribution >= 4 is 50.8 Å². The molecule has 2 aromatic carbocycles. The summed E-state index contributed by atoms with van der Waals surface area (Å²) in [5.41, 5.74) is 1.53. The van der Waals surface area contributed by atoms with Crippen LogP contribution in [0.25, 0.3) is 0 Å². The van der Waals surface area contributed by atoms with Crippen molar-refractivity contribution < 1.29 is 19.1 Å². The summed E-state index contributed by atoms with van der Waals surface area (Å²) in [6, 6.07) is 12.0. The Bertz CT molecular complexity index is 939. The first kappa shape index (κ1) is 25.8. The Morgan fingerprint density at radius 3 is 2.53 bits per heavy atom. The minimum absolute atomic E-state index is 0.132. The number of amides is 2. The first-order valence-electron chi connectivity index (χ1n) is 10.4. The van der Waals surface area contributed by atoms with Crippen LogP contribution in [-0.2, 0) is 4.74 Å². The van der Waals surface area contributed by atoms with Crippen molar-refractivity contribution in [3.05, 3.63) is 58.1 Å². The highest BCUT2D eigenvalue weighted by molar-refractivity contribution is 9.10. The summed E-state index contributed by atoms with van der Waals surface area (Å²) < 4.78 is 11.4. The monoisotopic (exact) mass is 521 g/mol. The minimum Gasteiger partial charge on any atom is -0.492 e. The molecule has 0 fully saturated rings. The molecule has 0 aliphatic rings. The van der Waals surface area contributed by atoms with Gasteiger partial charge in [0.1, 0.15) is 5.75 Å². The molecule has 0 unspecified atom stereocenters. The molecule has 0 heterocycles. The molecule has 9 heteroatoms. The SMILES string of the molecule is CCCCOc1ccc(C(=O)NC(=S)Nc2cccc(C(=O)NCCCOC)c2)cc1Br. The fourth-order valence-corrected chi connectivity index (χ4v) is 3.39. The van der Waals surface area contributed by atoms with Gasteiger partial charge in [-0.15, -0.1) is 0 Å². The van der Waals surface area contributed by atoms with Gasteiger partial charge in [-0.2, -0.15) is 0 Å². The molecule has 0 spiro atoms. The molecule has 2 amide bonds. The number of halogens is 1. The molecule has 0 aliphatic heterocycles. The summed E-state index contributed by atoms with van der Waals surface area (Å²) in [4.78, 5) is 24.8. The quantitative estimate of drug-likeness (QED) is 0.297. The highest BCUT2D eigenvalue weighted by atomic mass is 79.9. The molecule has 0 aromatic heterocycles. The zero-order valence-corrected chi connectivity index (χ0v) is 20.6. The largest absolute Gasteiger partial charge is 0.492 e. The smallest absolute Gasteiger partial charge is 0.257 e. The molecule has 0 saturated carbocycles. The number of nitrogens with one attached hydrogen (secondary N) is 3. The molecule has 3 N–H and O–H groups in total. The van der Waals surface area contributed by atoms with Crippen LogP contribution in [0.5, 0.6) is 5.75 Å². The molecule has 0 saturated heterocycles. The third-order valence-electron chi connectivity index (χ3n) is 4.37. The maximum atomic E-state index is 12.5. The zero-order chi connectivity index (χ0) is 23.3. The van der Waals surface area contributed by atoms with E-state index in [1.807, 2.05) is 0 Å². The number of hydrogen-bond acceptors (Lipinski definition) is 5. The first-order valence-corrected chi connectivity index (χ1v) is 11.6. The van der Waals surface area contributed by atoms with Gasteiger partial charge in [0.2, 0.25) is 0 Å². The Balaban J connectivity index is 1.91. The lowest BCUT2D eigenvalue weighted by molar-refractivity contribution is 0.0946. The predicted octanol–water partition coefficient (Wildman–Crippen LogP) is 4.52. The minimum atomic E-state index is -0.352. The normalized spacial score (nSPS) is 10.3. The van der Waals surface area contributed by atoms with Gasteiger partial charge < -0.3 is 20.1 Å². The molecular weight excluding hydrogens is 494 g/mol. The van der Waals surface area contributed by atoms with Gasteiger partial charge in [0.05, 0.1) is 11.1 Å². The number of carbonyl (C=O) groups excluding carboxylic acids is 2. The Kier molecular flexibility index (Phi) is 11.1. The highest BCUT2D eigenvalue weighted by Gasteiger charge is 2.12. The third-order valence-corrected chi connectivity index (χ3v) is 5.19. The standard InChI is InChI=1S/C23H28BrN3O4S/c1-3-4-13-31-20-10-9-17(15-19(20)24)22(29)27-23(32)26-18-8-5-7-16(14-18)21(28)25-11-6-12-30-2/h5,7-10,14-15H,3-4,6,11-13H2,1-2H3,(H,25,28)(H2,26,27,29,32). The zero-order valence-electron chi connectivity index (χ0n) is 18.2. The van der Waals surface area contributed by atoms with Gasteiger partial charge in [-0.1, -0.05) is 19.4 Å². The van der Waals surface area contributed by atoms with Gasteiger partial charge >= 0.3 is 0 Å². The van der Waals surface area contributed by atoms with E-state index >= 15 is 0 Å². The number of carbonyl (C=O) groups is 2. The lowest BCUT2D eigenvalue weighted by atomic mass is 10.2. The summed E-state index contributed by atoms with van der Waals surface area (Å²) in [7, 11) is 1.62. The van der Waals surface area contributed by atoms with E-state index in [2.05, 4.69) is 38.8 Å². The van der Waals surface area contributed by atoms with Crippen LogP contribution in [0.1, 0.15) is 46.9 Å². The maximum absolute atomic E-state index is 12.5. The van der Waals surface area contributed by atoms with Crippen LogP contribution >= 0.6 is 28.1 Å². The van der Waals surface area contributed by atoms with Gasteiger partial charge in [0.15, 0.2) is 5.11 Å². The number of hydrogen-bond donors (Lipinski definition) is 3. The number of benzene rings is 2. The second-order valence-corrected chi connectivity index (χ2v) is 8.20. The molecular formula is C23H28BrN3O4S. The summed E-state index contributed by atoms with van der Waals surface area (Å²) in [6.07, 6.45) is 2.74. The van der Waals surface area contributed by atoms with Crippen molar-refractivity contribution in [3.63, 3.8) is 0 Å². The van der Waals surface area contributed by atoms with Gasteiger partial charge in [-0.3, -0.25) is 14.9 Å². The van der Waals surface area contributed by atoms with Crippen LogP contribution in [-0.4, -0.2) is 43.8 Å². The van der Waals surface area contributed by atoms with E-state index in [-0.39, 0.29) is 16.9 Å². The molecule has 0 atom stereocenters. The van der Waals surface area contributed by atoms with Crippen LogP contribution < -0.4 is 20.7 Å². The van der Waals surface area contributed by atoms with Gasteiger partial charge in [0.25, 0.3) is 11.8 Å². The Labute approximate surface area is 202 Å². The summed E-state index contributed by atoms with van der Waals surface area (Å²) in [5, 5.41) is 8.54. The van der Waals surface area contributed by atoms with Gasteiger partial charge in [-0.05, 0) is 77.4 Å². The van der Waals surface area contributed by atoms with E-state index in [1.54, 1.807) is 49.6 Å². The molecule has 2 rings (SSSR count). The molecule has 0 radical (unpaired) electrons. The fourth-order valence-electron chi connectivity index (χ4n) is 2.68. The maximum Gasteiger partial charge on any atom is 0.257 e. The fraction of sp³-hybridized carbons (Fsp3) is 0.348. The van der Waals surface area contributed by atoms with Crippen molar-refractivity contribution in [3.8, 4) is 5.75 Å². The van der Waals surface area contributed by atoms with Crippen molar-refractivity contribution in [1.29, 1.82) is 0 Å². The predicted molar refractivity (Wildman–Crippen MR) is 134 cm³/mol. The number of rotatable bonds is 11. The first-order chi connectivity index (χ1) is 15.4. The van der Waals surface area contributed by atoms with E-state index in [1.165, 1.54) is 0 Å². The topological polar surface area (TPSA) is 88.7 Å². The molecule has 32 heavy (non-hydrogen) atoms. The Hall–Kier alpha value is -2.49. The lowest BCUT2D eigenvalue weighted by Gasteiger charge is -2.12. The lowest BCUT2D eigenvalue weighted by Crippen LogP contribution is -2.34. The van der Waals surface area contributed by atoms with Crippen molar-refractivity contribution in [2.45, 2.75) is 26.2 Å². The van der Waals surface area contributed by atoms with Crippen molar-refractivity contribution in [2.75, 3.05) is 32.2 Å². The number of thiocarbonyl (C=S) groups is 1. The average Bonchev–Trinajstić information content (AvgIpc) is 2.77.